The average Bonchev–Trinajstić information content (AvgIpc) is 2.49. The van der Waals surface area contributed by atoms with Gasteiger partial charge in [0.2, 0.25) is 0 Å². The standard InChI is InChI=1S/C21H42O3/c1-4-5-6-7-8-9-10-11-12-13-14-15-16-17-18-19-21(2,3)24-20(22)23/h4-19H2,1-3H3,(H,22,23). The quantitative estimate of drug-likeness (QED) is 0.217. The zero-order valence-corrected chi connectivity index (χ0v) is 16.6. The van der Waals surface area contributed by atoms with Gasteiger partial charge in [0.05, 0.1) is 0 Å². The van der Waals surface area contributed by atoms with Crippen LogP contribution >= 0.6 is 0 Å². The van der Waals surface area contributed by atoms with Gasteiger partial charge in [0, 0.05) is 0 Å². The Morgan fingerprint density at radius 3 is 1.38 bits per heavy atom. The molecule has 0 radical (unpaired) electrons. The minimum absolute atomic E-state index is 0.539. The molecule has 0 aromatic heterocycles. The molecule has 0 atom stereocenters. The monoisotopic (exact) mass is 342 g/mol. The van der Waals surface area contributed by atoms with E-state index >= 15 is 0 Å². The molecule has 0 amide bonds. The molecular formula is C21H42O3. The van der Waals surface area contributed by atoms with Crippen LogP contribution in [-0.2, 0) is 4.74 Å². The number of ether oxygens (including phenoxy) is 1. The van der Waals surface area contributed by atoms with Crippen molar-refractivity contribution in [1.29, 1.82) is 0 Å². The number of carbonyl (C=O) groups is 1. The SMILES string of the molecule is CCCCCCCCCCCCCCCCCC(C)(C)OC(=O)O. The summed E-state index contributed by atoms with van der Waals surface area (Å²) >= 11 is 0. The highest BCUT2D eigenvalue weighted by Gasteiger charge is 2.21. The number of carboxylic acid groups (broad SMARTS) is 1. The lowest BCUT2D eigenvalue weighted by Crippen LogP contribution is -2.27. The van der Waals surface area contributed by atoms with Gasteiger partial charge in [-0.25, -0.2) is 4.79 Å². The van der Waals surface area contributed by atoms with Crippen molar-refractivity contribution in [3.8, 4) is 0 Å². The van der Waals surface area contributed by atoms with Crippen molar-refractivity contribution >= 4 is 6.16 Å². The molecule has 0 heterocycles. The number of hydrogen-bond donors (Lipinski definition) is 1. The number of unbranched alkanes of at least 4 members (excludes halogenated alkanes) is 14. The first-order valence-electron chi connectivity index (χ1n) is 10.4. The lowest BCUT2D eigenvalue weighted by atomic mass is 9.99. The van der Waals surface area contributed by atoms with E-state index in [9.17, 15) is 4.79 Å². The van der Waals surface area contributed by atoms with Crippen molar-refractivity contribution < 1.29 is 14.6 Å². The molecule has 0 aliphatic carbocycles. The highest BCUT2D eigenvalue weighted by atomic mass is 16.7. The van der Waals surface area contributed by atoms with E-state index in [0.717, 1.165) is 12.8 Å². The molecule has 0 spiro atoms. The van der Waals surface area contributed by atoms with Crippen molar-refractivity contribution in [3.63, 3.8) is 0 Å². The first-order chi connectivity index (χ1) is 11.5. The van der Waals surface area contributed by atoms with E-state index in [2.05, 4.69) is 6.92 Å². The first-order valence-corrected chi connectivity index (χ1v) is 10.4. The van der Waals surface area contributed by atoms with Crippen molar-refractivity contribution in [2.24, 2.45) is 0 Å². The second-order valence-electron chi connectivity index (χ2n) is 7.83. The average molecular weight is 343 g/mol. The Morgan fingerprint density at radius 1 is 0.708 bits per heavy atom. The molecule has 0 saturated heterocycles. The van der Waals surface area contributed by atoms with Gasteiger partial charge >= 0.3 is 6.16 Å². The van der Waals surface area contributed by atoms with Crippen LogP contribution in [0, 0.1) is 0 Å². The Balaban J connectivity index is 3.19. The molecule has 0 rings (SSSR count). The molecule has 0 aliphatic rings. The summed E-state index contributed by atoms with van der Waals surface area (Å²) in [4.78, 5) is 10.6. The molecule has 144 valence electrons. The maximum Gasteiger partial charge on any atom is 0.506 e. The summed E-state index contributed by atoms with van der Waals surface area (Å²) in [6.07, 6.45) is 19.9. The molecular weight excluding hydrogens is 300 g/mol. The van der Waals surface area contributed by atoms with Crippen LogP contribution in [0.15, 0.2) is 0 Å². The van der Waals surface area contributed by atoms with Crippen LogP contribution in [-0.4, -0.2) is 16.9 Å². The summed E-state index contributed by atoms with van der Waals surface area (Å²) in [5.74, 6) is 0. The van der Waals surface area contributed by atoms with Crippen LogP contribution in [0.2, 0.25) is 0 Å². The van der Waals surface area contributed by atoms with E-state index in [0.29, 0.717) is 0 Å². The zero-order chi connectivity index (χ0) is 18.1. The summed E-state index contributed by atoms with van der Waals surface area (Å²) in [6.45, 7) is 5.98. The molecule has 1 N–H and O–H groups in total. The van der Waals surface area contributed by atoms with Gasteiger partial charge in [0.15, 0.2) is 0 Å². The van der Waals surface area contributed by atoms with Gasteiger partial charge in [-0.3, -0.25) is 0 Å². The van der Waals surface area contributed by atoms with Crippen molar-refractivity contribution in [1.82, 2.24) is 0 Å². The number of hydrogen-bond acceptors (Lipinski definition) is 2. The highest BCUT2D eigenvalue weighted by molar-refractivity contribution is 5.57. The van der Waals surface area contributed by atoms with Crippen LogP contribution in [0.5, 0.6) is 0 Å². The third-order valence-electron chi connectivity index (χ3n) is 4.75. The predicted molar refractivity (Wildman–Crippen MR) is 103 cm³/mol. The van der Waals surface area contributed by atoms with Gasteiger partial charge in [0.25, 0.3) is 0 Å². The fourth-order valence-corrected chi connectivity index (χ4v) is 3.21. The molecule has 3 nitrogen and oxygen atoms in total. The largest absolute Gasteiger partial charge is 0.506 e. The Hall–Kier alpha value is -0.730. The van der Waals surface area contributed by atoms with Gasteiger partial charge in [0.1, 0.15) is 5.60 Å². The molecule has 0 aliphatic heterocycles. The second-order valence-corrected chi connectivity index (χ2v) is 7.83. The van der Waals surface area contributed by atoms with Gasteiger partial charge in [-0.1, -0.05) is 96.8 Å². The lowest BCUT2D eigenvalue weighted by molar-refractivity contribution is -0.00230. The third kappa shape index (κ3) is 17.6. The number of rotatable bonds is 17. The summed E-state index contributed by atoms with van der Waals surface area (Å²) in [5, 5.41) is 8.65. The molecule has 0 aromatic carbocycles. The van der Waals surface area contributed by atoms with Crippen LogP contribution in [0.4, 0.5) is 4.79 Å². The second kappa shape index (κ2) is 15.8. The topological polar surface area (TPSA) is 46.5 Å². The lowest BCUT2D eigenvalue weighted by Gasteiger charge is -2.22. The van der Waals surface area contributed by atoms with Gasteiger partial charge in [-0.2, -0.15) is 0 Å². The fourth-order valence-electron chi connectivity index (χ4n) is 3.21. The van der Waals surface area contributed by atoms with Crippen LogP contribution < -0.4 is 0 Å². The molecule has 0 bridgehead atoms. The maximum absolute atomic E-state index is 10.6. The normalized spacial score (nSPS) is 11.6. The molecule has 0 unspecified atom stereocenters. The highest BCUT2D eigenvalue weighted by Crippen LogP contribution is 2.20. The smallest absolute Gasteiger partial charge is 0.450 e. The van der Waals surface area contributed by atoms with E-state index in [-0.39, 0.29) is 0 Å². The van der Waals surface area contributed by atoms with Crippen molar-refractivity contribution in [2.45, 2.75) is 129 Å². The Morgan fingerprint density at radius 2 is 1.04 bits per heavy atom. The first kappa shape index (κ1) is 23.3. The molecule has 0 fully saturated rings. The third-order valence-corrected chi connectivity index (χ3v) is 4.75. The van der Waals surface area contributed by atoms with Crippen molar-refractivity contribution in [3.05, 3.63) is 0 Å². The molecule has 3 heteroatoms. The van der Waals surface area contributed by atoms with Gasteiger partial charge in [-0.05, 0) is 26.7 Å². The summed E-state index contributed by atoms with van der Waals surface area (Å²) < 4.78 is 4.87. The zero-order valence-electron chi connectivity index (χ0n) is 16.6. The Labute approximate surface area is 150 Å². The fraction of sp³-hybridized carbons (Fsp3) is 0.952. The van der Waals surface area contributed by atoms with E-state index in [1.165, 1.54) is 89.9 Å². The summed E-state index contributed by atoms with van der Waals surface area (Å²) in [7, 11) is 0. The summed E-state index contributed by atoms with van der Waals surface area (Å²) in [5.41, 5.74) is -0.539. The maximum atomic E-state index is 10.6. The van der Waals surface area contributed by atoms with E-state index in [1.54, 1.807) is 0 Å². The van der Waals surface area contributed by atoms with Crippen LogP contribution in [0.1, 0.15) is 124 Å². The van der Waals surface area contributed by atoms with E-state index < -0.39 is 11.8 Å². The van der Waals surface area contributed by atoms with Crippen molar-refractivity contribution in [2.75, 3.05) is 0 Å². The minimum Gasteiger partial charge on any atom is -0.450 e. The molecule has 0 saturated carbocycles. The van der Waals surface area contributed by atoms with E-state index in [4.69, 9.17) is 9.84 Å². The van der Waals surface area contributed by atoms with Gasteiger partial charge in [-0.15, -0.1) is 0 Å². The Kier molecular flexibility index (Phi) is 15.3. The summed E-state index contributed by atoms with van der Waals surface area (Å²) in [6, 6.07) is 0. The van der Waals surface area contributed by atoms with Crippen LogP contribution in [0.3, 0.4) is 0 Å². The van der Waals surface area contributed by atoms with E-state index in [1.807, 2.05) is 13.8 Å². The Bertz CT molecular complexity index is 287. The van der Waals surface area contributed by atoms with Crippen LogP contribution in [0.25, 0.3) is 0 Å². The molecule has 0 aromatic rings. The van der Waals surface area contributed by atoms with Gasteiger partial charge < -0.3 is 9.84 Å². The minimum atomic E-state index is -1.17. The predicted octanol–water partition coefficient (Wildman–Crippen LogP) is 7.72. The molecule has 24 heavy (non-hydrogen) atoms.